The van der Waals surface area contributed by atoms with Gasteiger partial charge in [-0.25, -0.2) is 4.39 Å². The van der Waals surface area contributed by atoms with Crippen molar-refractivity contribution in [2.45, 2.75) is 19.5 Å². The second-order valence-corrected chi connectivity index (χ2v) is 8.51. The molecule has 4 heteroatoms. The molecule has 0 spiro atoms. The molecular weight excluding hydrogens is 407 g/mol. The highest BCUT2D eigenvalue weighted by molar-refractivity contribution is 6.30. The van der Waals surface area contributed by atoms with Gasteiger partial charge in [-0.1, -0.05) is 54.1 Å². The first-order chi connectivity index (χ1) is 15.2. The average molecular weight is 427 g/mol. The van der Waals surface area contributed by atoms with Crippen molar-refractivity contribution in [2.75, 3.05) is 0 Å². The van der Waals surface area contributed by atoms with Gasteiger partial charge in [-0.15, -0.1) is 0 Å². The normalized spacial score (nSPS) is 12.7. The summed E-state index contributed by atoms with van der Waals surface area (Å²) in [7, 11) is 0. The molecule has 1 aliphatic rings. The third-order valence-electron chi connectivity index (χ3n) is 6.28. The van der Waals surface area contributed by atoms with Crippen molar-refractivity contribution < 1.29 is 4.39 Å². The number of hydrogen-bond acceptors (Lipinski definition) is 0. The zero-order chi connectivity index (χ0) is 20.9. The summed E-state index contributed by atoms with van der Waals surface area (Å²) < 4.78 is 18.3. The van der Waals surface area contributed by atoms with Gasteiger partial charge in [-0.2, -0.15) is 0 Å². The number of benzene rings is 3. The van der Waals surface area contributed by atoms with Crippen LogP contribution in [0.3, 0.4) is 0 Å². The number of nitrogens with zero attached hydrogens (tertiary/aromatic N) is 2. The highest BCUT2D eigenvalue weighted by Crippen LogP contribution is 2.41. The molecule has 0 unspecified atom stereocenters. The minimum Gasteiger partial charge on any atom is -0.339 e. The molecule has 2 nitrogen and oxygen atoms in total. The number of fused-ring (bicyclic) bond motifs is 5. The molecule has 0 amide bonds. The van der Waals surface area contributed by atoms with E-state index in [1.54, 1.807) is 0 Å². The van der Waals surface area contributed by atoms with Crippen molar-refractivity contribution in [3.63, 3.8) is 0 Å². The predicted octanol–water partition coefficient (Wildman–Crippen LogP) is 7.17. The van der Waals surface area contributed by atoms with Gasteiger partial charge >= 0.3 is 0 Å². The summed E-state index contributed by atoms with van der Waals surface area (Å²) in [5.74, 6) is -0.204. The summed E-state index contributed by atoms with van der Waals surface area (Å²) >= 11 is 6.10. The van der Waals surface area contributed by atoms with Gasteiger partial charge < -0.3 is 9.13 Å². The largest absolute Gasteiger partial charge is 0.339 e. The fourth-order valence-corrected chi connectivity index (χ4v) is 5.00. The molecule has 152 valence electrons. The molecule has 0 saturated carbocycles. The monoisotopic (exact) mass is 426 g/mol. The topological polar surface area (TPSA) is 9.86 Å². The highest BCUT2D eigenvalue weighted by atomic mass is 35.5. The van der Waals surface area contributed by atoms with Crippen LogP contribution in [0.25, 0.3) is 33.5 Å². The van der Waals surface area contributed by atoms with Crippen LogP contribution in [0.15, 0.2) is 84.9 Å². The maximum Gasteiger partial charge on any atom is 0.123 e. The number of para-hydroxylation sites is 1. The average Bonchev–Trinajstić information content (AvgIpc) is 3.36. The Morgan fingerprint density at radius 2 is 1.55 bits per heavy atom. The molecule has 2 aromatic heterocycles. The van der Waals surface area contributed by atoms with Gasteiger partial charge in [0.1, 0.15) is 5.82 Å². The second kappa shape index (κ2) is 7.14. The number of aryl methyl sites for hydroxylation is 1. The lowest BCUT2D eigenvalue weighted by Gasteiger charge is -2.22. The molecule has 0 saturated heterocycles. The lowest BCUT2D eigenvalue weighted by molar-refractivity contribution is 0.626. The second-order valence-electron chi connectivity index (χ2n) is 8.07. The van der Waals surface area contributed by atoms with Gasteiger partial charge in [0.25, 0.3) is 0 Å². The van der Waals surface area contributed by atoms with Crippen LogP contribution >= 0.6 is 11.6 Å². The molecule has 5 aromatic rings. The Balaban J connectivity index is 1.55. The van der Waals surface area contributed by atoms with Crippen LogP contribution in [-0.4, -0.2) is 9.13 Å². The van der Waals surface area contributed by atoms with Crippen molar-refractivity contribution in [3.8, 4) is 22.6 Å². The quantitative estimate of drug-likeness (QED) is 0.289. The van der Waals surface area contributed by atoms with Crippen LogP contribution in [0.5, 0.6) is 0 Å². The summed E-state index contributed by atoms with van der Waals surface area (Å²) in [5.41, 5.74) is 8.56. The molecular formula is C27H20ClFN2. The highest BCUT2D eigenvalue weighted by Gasteiger charge is 2.26. The van der Waals surface area contributed by atoms with E-state index >= 15 is 0 Å². The molecule has 3 aromatic carbocycles. The van der Waals surface area contributed by atoms with E-state index < -0.39 is 0 Å². The molecule has 0 atom stereocenters. The Morgan fingerprint density at radius 3 is 2.35 bits per heavy atom. The standard InChI is InChI=1S/C27H20ClFN2/c28-20-9-7-19(8-10-20)24-13-14-26-27-23(15-16-30(24)26)22-3-1-2-4-25(22)31(27)17-18-5-11-21(29)12-6-18/h1-14H,15-17H2. The van der Waals surface area contributed by atoms with Gasteiger partial charge in [-0.3, -0.25) is 0 Å². The minimum absolute atomic E-state index is 0.204. The number of rotatable bonds is 3. The van der Waals surface area contributed by atoms with E-state index in [0.29, 0.717) is 6.54 Å². The van der Waals surface area contributed by atoms with Crippen molar-refractivity contribution in [1.82, 2.24) is 9.13 Å². The summed E-state index contributed by atoms with van der Waals surface area (Å²) in [6.07, 6.45) is 0.981. The fraction of sp³-hybridized carbons (Fsp3) is 0.111. The third-order valence-corrected chi connectivity index (χ3v) is 6.53. The van der Waals surface area contributed by atoms with E-state index in [0.717, 1.165) is 23.6 Å². The summed E-state index contributed by atoms with van der Waals surface area (Å²) in [6.45, 7) is 1.65. The third kappa shape index (κ3) is 3.00. The van der Waals surface area contributed by atoms with Gasteiger partial charge in [0.15, 0.2) is 0 Å². The Hall–Kier alpha value is -3.30. The summed E-state index contributed by atoms with van der Waals surface area (Å²) in [6, 6.07) is 27.9. The number of aromatic nitrogens is 2. The van der Waals surface area contributed by atoms with Crippen LogP contribution in [0, 0.1) is 5.82 Å². The van der Waals surface area contributed by atoms with Crippen LogP contribution in [-0.2, 0) is 19.5 Å². The minimum atomic E-state index is -0.204. The van der Waals surface area contributed by atoms with Crippen LogP contribution in [0.2, 0.25) is 5.02 Å². The van der Waals surface area contributed by atoms with Crippen LogP contribution in [0.4, 0.5) is 4.39 Å². The molecule has 0 N–H and O–H groups in total. The molecule has 0 bridgehead atoms. The van der Waals surface area contributed by atoms with E-state index in [1.165, 1.54) is 51.2 Å². The Labute approximate surface area is 185 Å². The van der Waals surface area contributed by atoms with Crippen molar-refractivity contribution in [3.05, 3.63) is 107 Å². The van der Waals surface area contributed by atoms with Gasteiger partial charge in [0, 0.05) is 34.7 Å². The lowest BCUT2D eigenvalue weighted by Crippen LogP contribution is -2.14. The fourth-order valence-electron chi connectivity index (χ4n) is 4.87. The van der Waals surface area contributed by atoms with E-state index in [4.69, 9.17) is 11.6 Å². The number of hydrogen-bond donors (Lipinski definition) is 0. The van der Waals surface area contributed by atoms with E-state index in [2.05, 4.69) is 57.7 Å². The Bertz CT molecular complexity index is 1410. The van der Waals surface area contributed by atoms with Crippen molar-refractivity contribution in [1.29, 1.82) is 0 Å². The van der Waals surface area contributed by atoms with Crippen LogP contribution in [0.1, 0.15) is 11.1 Å². The number of halogens is 2. The van der Waals surface area contributed by atoms with Crippen LogP contribution < -0.4 is 0 Å². The lowest BCUT2D eigenvalue weighted by atomic mass is 10.0. The summed E-state index contributed by atoms with van der Waals surface area (Å²) in [5, 5.41) is 2.05. The zero-order valence-corrected chi connectivity index (χ0v) is 17.6. The smallest absolute Gasteiger partial charge is 0.123 e. The molecule has 0 fully saturated rings. The molecule has 1 aliphatic heterocycles. The first-order valence-corrected chi connectivity index (χ1v) is 10.9. The first-order valence-electron chi connectivity index (χ1n) is 10.5. The van der Waals surface area contributed by atoms with Gasteiger partial charge in [0.2, 0.25) is 0 Å². The van der Waals surface area contributed by atoms with E-state index in [9.17, 15) is 4.39 Å². The SMILES string of the molecule is Fc1ccc(Cn2c3c(c4ccccc42)CCn2c(-c4ccc(Cl)cc4)ccc2-3)cc1. The van der Waals surface area contributed by atoms with E-state index in [1.807, 2.05) is 24.3 Å². The summed E-state index contributed by atoms with van der Waals surface area (Å²) in [4.78, 5) is 0. The van der Waals surface area contributed by atoms with Crippen molar-refractivity contribution >= 4 is 22.5 Å². The zero-order valence-electron chi connectivity index (χ0n) is 16.9. The molecule has 0 radical (unpaired) electrons. The maximum absolute atomic E-state index is 13.5. The Morgan fingerprint density at radius 1 is 0.806 bits per heavy atom. The Kier molecular flexibility index (Phi) is 4.25. The maximum atomic E-state index is 13.5. The van der Waals surface area contributed by atoms with Gasteiger partial charge in [0.05, 0.1) is 11.4 Å². The molecule has 6 rings (SSSR count). The molecule has 0 aliphatic carbocycles. The van der Waals surface area contributed by atoms with Gasteiger partial charge in [-0.05, 0) is 65.6 Å². The van der Waals surface area contributed by atoms with E-state index in [-0.39, 0.29) is 5.82 Å². The first kappa shape index (κ1) is 18.5. The molecule has 3 heterocycles. The van der Waals surface area contributed by atoms with Crippen molar-refractivity contribution in [2.24, 2.45) is 0 Å². The molecule has 31 heavy (non-hydrogen) atoms. The predicted molar refractivity (Wildman–Crippen MR) is 125 cm³/mol.